The van der Waals surface area contributed by atoms with Crippen LogP contribution in [0.2, 0.25) is 0 Å². The van der Waals surface area contributed by atoms with Gasteiger partial charge in [0.1, 0.15) is 0 Å². The van der Waals surface area contributed by atoms with Gasteiger partial charge in [0.15, 0.2) is 0 Å². The zero-order valence-electron chi connectivity index (χ0n) is 13.5. The number of nitrogens with zero attached hydrogens (tertiary/aromatic N) is 2. The molecule has 24 heavy (non-hydrogen) atoms. The van der Waals surface area contributed by atoms with Crippen LogP contribution in [0.4, 0.5) is 0 Å². The number of aliphatic carboxylic acids is 1. The minimum Gasteiger partial charge on any atom is -0.550 e. The predicted molar refractivity (Wildman–Crippen MR) is 86.4 cm³/mol. The molecule has 1 aliphatic rings. The molecule has 0 radical (unpaired) electrons. The van der Waals surface area contributed by atoms with Gasteiger partial charge in [0.2, 0.25) is 0 Å². The smallest absolute Gasteiger partial charge is 0.550 e. The van der Waals surface area contributed by atoms with Crippen molar-refractivity contribution in [1.82, 2.24) is 4.98 Å². The van der Waals surface area contributed by atoms with Gasteiger partial charge in [0.05, 0.1) is 11.6 Å². The van der Waals surface area contributed by atoms with Crippen LogP contribution in [0.3, 0.4) is 0 Å². The van der Waals surface area contributed by atoms with Crippen molar-refractivity contribution in [2.75, 3.05) is 5.75 Å². The van der Waals surface area contributed by atoms with Gasteiger partial charge in [-0.3, -0.25) is 4.98 Å². The van der Waals surface area contributed by atoms with E-state index in [1.165, 1.54) is 0 Å². The van der Waals surface area contributed by atoms with Crippen molar-refractivity contribution in [2.45, 2.75) is 24.2 Å². The van der Waals surface area contributed by atoms with Gasteiger partial charge in [-0.1, -0.05) is 12.1 Å². The first-order valence-electron chi connectivity index (χ1n) is 7.39. The summed E-state index contributed by atoms with van der Waals surface area (Å²) < 4.78 is 0. The van der Waals surface area contributed by atoms with Crippen molar-refractivity contribution >= 4 is 17.7 Å². The molecule has 1 aliphatic carbocycles. The molecule has 3 rings (SSSR count). The van der Waals surface area contributed by atoms with E-state index in [2.05, 4.69) is 11.1 Å². The van der Waals surface area contributed by atoms with Gasteiger partial charge in [-0.2, -0.15) is 5.26 Å². The second-order valence-corrected chi connectivity index (χ2v) is 6.92. The van der Waals surface area contributed by atoms with Crippen molar-refractivity contribution in [3.8, 4) is 17.2 Å². The van der Waals surface area contributed by atoms with Crippen LogP contribution in [0.1, 0.15) is 24.8 Å². The van der Waals surface area contributed by atoms with Crippen molar-refractivity contribution in [2.24, 2.45) is 5.41 Å². The van der Waals surface area contributed by atoms with E-state index in [9.17, 15) is 9.90 Å². The maximum Gasteiger partial charge on any atom is 1.00 e. The summed E-state index contributed by atoms with van der Waals surface area (Å²) >= 11 is 1.67. The van der Waals surface area contributed by atoms with Crippen LogP contribution in [-0.4, -0.2) is 16.7 Å². The average Bonchev–Trinajstić information content (AvgIpc) is 3.32. The van der Waals surface area contributed by atoms with Crippen molar-refractivity contribution < 1.29 is 39.5 Å². The second kappa shape index (κ2) is 8.17. The molecular weight excluding hydrogens is 331 g/mol. The van der Waals surface area contributed by atoms with Crippen LogP contribution in [0.25, 0.3) is 11.1 Å². The Hall–Kier alpha value is -1.32. The zero-order chi connectivity index (χ0) is 16.3. The molecule has 0 unspecified atom stereocenters. The van der Waals surface area contributed by atoms with Crippen LogP contribution in [0.5, 0.6) is 0 Å². The van der Waals surface area contributed by atoms with E-state index in [4.69, 9.17) is 5.26 Å². The molecule has 4 nitrogen and oxygen atoms in total. The van der Waals surface area contributed by atoms with Crippen molar-refractivity contribution in [3.05, 3.63) is 48.3 Å². The number of nitriles is 1. The van der Waals surface area contributed by atoms with Gasteiger partial charge in [-0.05, 0) is 48.4 Å². The number of hydrogen-bond donors (Lipinski definition) is 0. The third-order valence-electron chi connectivity index (χ3n) is 4.12. The zero-order valence-corrected chi connectivity index (χ0v) is 16.3. The number of rotatable bonds is 6. The number of thioether (sulfide) groups is 1. The van der Waals surface area contributed by atoms with E-state index in [1.54, 1.807) is 30.1 Å². The van der Waals surface area contributed by atoms with Gasteiger partial charge in [-0.25, -0.2) is 0 Å². The second-order valence-electron chi connectivity index (χ2n) is 5.90. The summed E-state index contributed by atoms with van der Waals surface area (Å²) in [6.45, 7) is 0. The Morgan fingerprint density at radius 3 is 2.58 bits per heavy atom. The van der Waals surface area contributed by atoms with E-state index >= 15 is 0 Å². The molecule has 1 aromatic carbocycles. The molecule has 0 aliphatic heterocycles. The van der Waals surface area contributed by atoms with Gasteiger partial charge < -0.3 is 9.90 Å². The molecule has 0 atom stereocenters. The molecule has 6 heteroatoms. The fourth-order valence-electron chi connectivity index (χ4n) is 2.53. The van der Waals surface area contributed by atoms with E-state index in [0.717, 1.165) is 34.6 Å². The molecule has 0 bridgehead atoms. The first kappa shape index (κ1) is 19.0. The number of carboxylic acids is 1. The maximum atomic E-state index is 10.9. The SMILES string of the molecule is N#Cc1ccc(-c2cnccc2SCC2(CC(=O)[O-])CC2)cc1.[Na+]. The van der Waals surface area contributed by atoms with E-state index in [0.29, 0.717) is 5.56 Å². The fourth-order valence-corrected chi connectivity index (χ4v) is 3.87. The Morgan fingerprint density at radius 1 is 1.29 bits per heavy atom. The topological polar surface area (TPSA) is 76.8 Å². The largest absolute Gasteiger partial charge is 1.00 e. The van der Waals surface area contributed by atoms with Crippen molar-refractivity contribution in [3.63, 3.8) is 0 Å². The van der Waals surface area contributed by atoms with Crippen LogP contribution in [-0.2, 0) is 4.79 Å². The van der Waals surface area contributed by atoms with E-state index < -0.39 is 5.97 Å². The average molecular weight is 346 g/mol. The summed E-state index contributed by atoms with van der Waals surface area (Å²) in [5, 5.41) is 19.7. The monoisotopic (exact) mass is 346 g/mol. The molecule has 0 N–H and O–H groups in total. The maximum absolute atomic E-state index is 10.9. The van der Waals surface area contributed by atoms with E-state index in [-0.39, 0.29) is 41.4 Å². The van der Waals surface area contributed by atoms with Crippen LogP contribution in [0, 0.1) is 16.7 Å². The Bertz CT molecular complexity index is 767. The molecule has 2 aromatic rings. The fraction of sp³-hybridized carbons (Fsp3) is 0.278. The Morgan fingerprint density at radius 2 is 2.00 bits per heavy atom. The number of aromatic nitrogens is 1. The minimum atomic E-state index is -0.967. The molecular formula is C18H15N2NaO2S. The minimum absolute atomic E-state index is 0. The summed E-state index contributed by atoms with van der Waals surface area (Å²) in [7, 11) is 0. The third-order valence-corrected chi connectivity index (χ3v) is 5.54. The Kier molecular flexibility index (Phi) is 6.47. The molecule has 0 saturated heterocycles. The van der Waals surface area contributed by atoms with E-state index in [1.807, 2.05) is 24.4 Å². The van der Waals surface area contributed by atoms with Gasteiger partial charge in [-0.15, -0.1) is 11.8 Å². The summed E-state index contributed by atoms with van der Waals surface area (Å²) in [5.41, 5.74) is 2.53. The van der Waals surface area contributed by atoms with Gasteiger partial charge in [0, 0.05) is 34.6 Å². The van der Waals surface area contributed by atoms with Crippen LogP contribution < -0.4 is 34.7 Å². The first-order chi connectivity index (χ1) is 11.1. The number of benzene rings is 1. The normalized spacial score (nSPS) is 14.3. The van der Waals surface area contributed by atoms with Crippen molar-refractivity contribution in [1.29, 1.82) is 5.26 Å². The number of carbonyl (C=O) groups excluding carboxylic acids is 1. The summed E-state index contributed by atoms with van der Waals surface area (Å²) in [6.07, 6.45) is 5.59. The number of carboxylic acid groups (broad SMARTS) is 1. The van der Waals surface area contributed by atoms with Crippen LogP contribution >= 0.6 is 11.8 Å². The number of hydrogen-bond acceptors (Lipinski definition) is 5. The predicted octanol–water partition coefficient (Wildman–Crippen LogP) is -0.363. The summed E-state index contributed by atoms with van der Waals surface area (Å²) in [5.74, 6) is -0.195. The van der Waals surface area contributed by atoms with Crippen LogP contribution in [0.15, 0.2) is 47.6 Å². The third kappa shape index (κ3) is 4.61. The Balaban J connectivity index is 0.00000208. The first-order valence-corrected chi connectivity index (χ1v) is 8.38. The molecule has 1 saturated carbocycles. The molecule has 1 heterocycles. The molecule has 1 aromatic heterocycles. The van der Waals surface area contributed by atoms with Gasteiger partial charge >= 0.3 is 29.6 Å². The molecule has 0 amide bonds. The summed E-state index contributed by atoms with van der Waals surface area (Å²) in [4.78, 5) is 16.1. The standard InChI is InChI=1S/C18H16N2O2S.Na/c19-10-13-1-3-14(4-2-13)15-11-20-8-5-16(15)23-12-18(6-7-18)9-17(21)22;/h1-5,8,11H,6-7,9,12H2,(H,21,22);/q;+1/p-1. The van der Waals surface area contributed by atoms with Gasteiger partial charge in [0.25, 0.3) is 0 Å². The molecule has 1 fully saturated rings. The summed E-state index contributed by atoms with van der Waals surface area (Å²) in [6, 6.07) is 11.5. The quantitative estimate of drug-likeness (QED) is 0.527. The number of pyridine rings is 1. The molecule has 116 valence electrons. The molecule has 0 spiro atoms. The Labute approximate surface area is 167 Å². The number of carbonyl (C=O) groups is 1.